The first kappa shape index (κ1) is 16.2. The molecule has 0 saturated carbocycles. The van der Waals surface area contributed by atoms with E-state index in [1.165, 1.54) is 6.21 Å². The van der Waals surface area contributed by atoms with E-state index >= 15 is 0 Å². The Balaban J connectivity index is 1.91. The van der Waals surface area contributed by atoms with Gasteiger partial charge in [0.1, 0.15) is 11.3 Å². The maximum absolute atomic E-state index is 12.7. The molecule has 7 nitrogen and oxygen atoms in total. The van der Waals surface area contributed by atoms with Crippen LogP contribution < -0.4 is 16.0 Å². The summed E-state index contributed by atoms with van der Waals surface area (Å²) in [5, 5.41) is 5.19. The third kappa shape index (κ3) is 2.58. The van der Waals surface area contributed by atoms with E-state index in [4.69, 9.17) is 16.3 Å². The standard InChI is InChI=1S/C18H13ClN4O3/c1-26-11-6-7-12-14(8-11)21-16-15(12)22-18(25)23(17(16)24)20-9-10-4-2-3-5-13(10)19/h2-9,21H,1H3,(H,22,25)/b20-9-. The SMILES string of the molecule is COc1ccc2c(c1)[nH]c1c(=O)n(/N=C\c3ccccc3Cl)c(=O)[nH]c12. The molecule has 0 aliphatic carbocycles. The summed E-state index contributed by atoms with van der Waals surface area (Å²) in [7, 11) is 1.56. The van der Waals surface area contributed by atoms with E-state index in [0.29, 0.717) is 27.4 Å². The van der Waals surface area contributed by atoms with Crippen LogP contribution in [0.4, 0.5) is 0 Å². The minimum atomic E-state index is -0.637. The number of methoxy groups -OCH3 is 1. The number of nitrogens with zero attached hydrogens (tertiary/aromatic N) is 2. The Kier molecular flexibility index (Phi) is 3.85. The molecule has 26 heavy (non-hydrogen) atoms. The molecule has 0 unspecified atom stereocenters. The predicted octanol–water partition coefficient (Wildman–Crippen LogP) is 2.72. The minimum Gasteiger partial charge on any atom is -0.497 e. The lowest BCUT2D eigenvalue weighted by Gasteiger charge is -1.99. The van der Waals surface area contributed by atoms with E-state index in [1.807, 2.05) is 0 Å². The summed E-state index contributed by atoms with van der Waals surface area (Å²) in [6.07, 6.45) is 1.37. The number of ether oxygens (including phenoxy) is 1. The van der Waals surface area contributed by atoms with E-state index < -0.39 is 11.2 Å². The van der Waals surface area contributed by atoms with Gasteiger partial charge in [-0.25, -0.2) is 4.79 Å². The third-order valence-corrected chi connectivity index (χ3v) is 4.40. The topological polar surface area (TPSA) is 92.2 Å². The van der Waals surface area contributed by atoms with Gasteiger partial charge in [0.15, 0.2) is 0 Å². The second-order valence-electron chi connectivity index (χ2n) is 5.60. The minimum absolute atomic E-state index is 0.254. The molecule has 0 saturated heterocycles. The fourth-order valence-corrected chi connectivity index (χ4v) is 2.94. The van der Waals surface area contributed by atoms with Crippen molar-refractivity contribution in [2.45, 2.75) is 0 Å². The Morgan fingerprint density at radius 1 is 1.12 bits per heavy atom. The molecule has 0 radical (unpaired) electrons. The fraction of sp³-hybridized carbons (Fsp3) is 0.0556. The molecule has 0 fully saturated rings. The van der Waals surface area contributed by atoms with Crippen LogP contribution in [0.2, 0.25) is 5.02 Å². The first-order valence-corrected chi connectivity index (χ1v) is 8.10. The van der Waals surface area contributed by atoms with Crippen LogP contribution >= 0.6 is 11.6 Å². The van der Waals surface area contributed by atoms with Crippen molar-refractivity contribution in [3.8, 4) is 5.75 Å². The van der Waals surface area contributed by atoms with Crippen LogP contribution in [0.5, 0.6) is 5.75 Å². The van der Waals surface area contributed by atoms with Gasteiger partial charge in [-0.05, 0) is 18.2 Å². The molecule has 0 aliphatic rings. The van der Waals surface area contributed by atoms with Gasteiger partial charge in [0.2, 0.25) is 0 Å². The van der Waals surface area contributed by atoms with Crippen molar-refractivity contribution in [1.82, 2.24) is 14.6 Å². The number of hydrogen-bond acceptors (Lipinski definition) is 4. The number of rotatable bonds is 3. The van der Waals surface area contributed by atoms with Gasteiger partial charge in [0.05, 0.1) is 24.4 Å². The summed E-state index contributed by atoms with van der Waals surface area (Å²) in [5.41, 5.74) is 0.776. The van der Waals surface area contributed by atoms with Gasteiger partial charge in [-0.1, -0.05) is 29.8 Å². The Bertz CT molecular complexity index is 1280. The fourth-order valence-electron chi connectivity index (χ4n) is 2.76. The van der Waals surface area contributed by atoms with Crippen LogP contribution in [0.3, 0.4) is 0 Å². The van der Waals surface area contributed by atoms with Crippen LogP contribution in [0.25, 0.3) is 21.9 Å². The zero-order chi connectivity index (χ0) is 18.3. The predicted molar refractivity (Wildman–Crippen MR) is 102 cm³/mol. The highest BCUT2D eigenvalue weighted by atomic mass is 35.5. The van der Waals surface area contributed by atoms with Crippen molar-refractivity contribution in [2.24, 2.45) is 5.10 Å². The Morgan fingerprint density at radius 3 is 2.69 bits per heavy atom. The van der Waals surface area contributed by atoms with Gasteiger partial charge < -0.3 is 14.7 Å². The average Bonchev–Trinajstić information content (AvgIpc) is 3.00. The lowest BCUT2D eigenvalue weighted by Crippen LogP contribution is -2.32. The molecule has 0 spiro atoms. The van der Waals surface area contributed by atoms with E-state index in [1.54, 1.807) is 49.6 Å². The number of H-pyrrole nitrogens is 2. The zero-order valence-electron chi connectivity index (χ0n) is 13.6. The molecule has 2 aromatic carbocycles. The molecule has 4 rings (SSSR count). The molecule has 2 N–H and O–H groups in total. The van der Waals surface area contributed by atoms with Crippen LogP contribution in [0.15, 0.2) is 57.2 Å². The number of hydrogen-bond donors (Lipinski definition) is 2. The summed E-state index contributed by atoms with van der Waals surface area (Å²) in [6.45, 7) is 0. The smallest absolute Gasteiger partial charge is 0.350 e. The third-order valence-electron chi connectivity index (χ3n) is 4.05. The quantitative estimate of drug-likeness (QED) is 0.544. The largest absolute Gasteiger partial charge is 0.497 e. The lowest BCUT2D eigenvalue weighted by atomic mass is 10.2. The van der Waals surface area contributed by atoms with Gasteiger partial charge >= 0.3 is 11.2 Å². The van der Waals surface area contributed by atoms with Crippen molar-refractivity contribution >= 4 is 39.8 Å². The molecule has 0 bridgehead atoms. The zero-order valence-corrected chi connectivity index (χ0v) is 14.4. The van der Waals surface area contributed by atoms with Crippen LogP contribution in [0.1, 0.15) is 5.56 Å². The highest BCUT2D eigenvalue weighted by molar-refractivity contribution is 6.33. The molecule has 0 amide bonds. The van der Waals surface area contributed by atoms with Crippen LogP contribution in [-0.2, 0) is 0 Å². The number of fused-ring (bicyclic) bond motifs is 3. The van der Waals surface area contributed by atoms with Gasteiger partial charge in [-0.15, -0.1) is 4.68 Å². The second-order valence-corrected chi connectivity index (χ2v) is 6.01. The maximum atomic E-state index is 12.7. The molecule has 4 aromatic rings. The van der Waals surface area contributed by atoms with E-state index in [9.17, 15) is 9.59 Å². The molecular weight excluding hydrogens is 356 g/mol. The molecule has 130 valence electrons. The van der Waals surface area contributed by atoms with Crippen molar-refractivity contribution < 1.29 is 4.74 Å². The number of aromatic nitrogens is 3. The van der Waals surface area contributed by atoms with Crippen molar-refractivity contribution in [3.05, 3.63) is 73.9 Å². The Hall–Kier alpha value is -3.32. The normalized spacial score (nSPS) is 11.6. The van der Waals surface area contributed by atoms with Gasteiger partial charge in [0.25, 0.3) is 0 Å². The van der Waals surface area contributed by atoms with Crippen LogP contribution in [-0.4, -0.2) is 28.0 Å². The number of aromatic amines is 2. The Morgan fingerprint density at radius 2 is 1.92 bits per heavy atom. The highest BCUT2D eigenvalue weighted by Gasteiger charge is 2.13. The molecule has 2 aromatic heterocycles. The molecule has 2 heterocycles. The van der Waals surface area contributed by atoms with E-state index in [2.05, 4.69) is 15.1 Å². The lowest BCUT2D eigenvalue weighted by molar-refractivity contribution is 0.415. The number of nitrogens with one attached hydrogen (secondary N) is 2. The Labute approximate surface area is 151 Å². The summed E-state index contributed by atoms with van der Waals surface area (Å²) in [5.74, 6) is 0.642. The number of benzene rings is 2. The molecular formula is C18H13ClN4O3. The maximum Gasteiger partial charge on any atom is 0.350 e. The summed E-state index contributed by atoms with van der Waals surface area (Å²) in [4.78, 5) is 30.8. The molecule has 0 atom stereocenters. The second kappa shape index (κ2) is 6.20. The first-order valence-electron chi connectivity index (χ1n) is 7.72. The van der Waals surface area contributed by atoms with E-state index in [-0.39, 0.29) is 5.52 Å². The summed E-state index contributed by atoms with van der Waals surface area (Å²) >= 11 is 6.06. The van der Waals surface area contributed by atoms with E-state index in [0.717, 1.165) is 10.1 Å². The van der Waals surface area contributed by atoms with Gasteiger partial charge in [-0.3, -0.25) is 4.79 Å². The summed E-state index contributed by atoms with van der Waals surface area (Å²) in [6, 6.07) is 12.3. The highest BCUT2D eigenvalue weighted by Crippen LogP contribution is 2.24. The van der Waals surface area contributed by atoms with Gasteiger partial charge in [0, 0.05) is 22.0 Å². The summed E-state index contributed by atoms with van der Waals surface area (Å²) < 4.78 is 5.95. The van der Waals surface area contributed by atoms with Crippen LogP contribution in [0, 0.1) is 0 Å². The monoisotopic (exact) mass is 368 g/mol. The number of halogens is 1. The molecule has 8 heteroatoms. The first-order chi connectivity index (χ1) is 12.6. The average molecular weight is 369 g/mol. The van der Waals surface area contributed by atoms with Crippen molar-refractivity contribution in [1.29, 1.82) is 0 Å². The van der Waals surface area contributed by atoms with Crippen molar-refractivity contribution in [3.63, 3.8) is 0 Å². The molecule has 0 aliphatic heterocycles. The van der Waals surface area contributed by atoms with Gasteiger partial charge in [-0.2, -0.15) is 5.10 Å². The van der Waals surface area contributed by atoms with Crippen molar-refractivity contribution in [2.75, 3.05) is 7.11 Å².